The van der Waals surface area contributed by atoms with Gasteiger partial charge in [0.1, 0.15) is 5.82 Å². The van der Waals surface area contributed by atoms with Crippen LogP contribution in [0.5, 0.6) is 0 Å². The third kappa shape index (κ3) is 3.65. The quantitative estimate of drug-likeness (QED) is 0.661. The van der Waals surface area contributed by atoms with E-state index >= 15 is 0 Å². The van der Waals surface area contributed by atoms with E-state index in [0.717, 1.165) is 31.0 Å². The standard InChI is InChI=1S/C24H27N5/c1-18-17-19-7-3-4-8-22(19)29(18)23-13-14-25-24(27-23)26-20-9-11-21(12-10-20)28-15-5-2-6-16-28/h3-4,7-14,18H,2,5-6,15-17H2,1H3,(H,25,26,27). The molecule has 1 N–H and O–H groups in total. The van der Waals surface area contributed by atoms with Gasteiger partial charge in [0.25, 0.3) is 0 Å². The van der Waals surface area contributed by atoms with Crippen molar-refractivity contribution in [3.8, 4) is 0 Å². The summed E-state index contributed by atoms with van der Waals surface area (Å²) < 4.78 is 0. The van der Waals surface area contributed by atoms with Crippen LogP contribution in [0, 0.1) is 0 Å². The number of rotatable bonds is 4. The molecule has 1 aromatic heterocycles. The first-order chi connectivity index (χ1) is 14.3. The number of nitrogens with zero attached hydrogens (tertiary/aromatic N) is 4. The number of aromatic nitrogens is 2. The molecule has 29 heavy (non-hydrogen) atoms. The van der Waals surface area contributed by atoms with Gasteiger partial charge in [-0.1, -0.05) is 18.2 Å². The minimum atomic E-state index is 0.388. The molecule has 1 saturated heterocycles. The Bertz CT molecular complexity index is 979. The van der Waals surface area contributed by atoms with Crippen LogP contribution in [0.25, 0.3) is 0 Å². The fourth-order valence-electron chi connectivity index (χ4n) is 4.50. The first-order valence-corrected chi connectivity index (χ1v) is 10.6. The first kappa shape index (κ1) is 18.0. The lowest BCUT2D eigenvalue weighted by molar-refractivity contribution is 0.578. The van der Waals surface area contributed by atoms with E-state index in [1.54, 1.807) is 0 Å². The molecule has 148 valence electrons. The van der Waals surface area contributed by atoms with Crippen LogP contribution >= 0.6 is 0 Å². The van der Waals surface area contributed by atoms with E-state index in [4.69, 9.17) is 4.98 Å². The van der Waals surface area contributed by atoms with Gasteiger partial charge in [-0.15, -0.1) is 0 Å². The van der Waals surface area contributed by atoms with Gasteiger partial charge in [0, 0.05) is 42.4 Å². The summed E-state index contributed by atoms with van der Waals surface area (Å²) in [5.74, 6) is 1.56. The van der Waals surface area contributed by atoms with Crippen LogP contribution < -0.4 is 15.1 Å². The van der Waals surface area contributed by atoms with Gasteiger partial charge in [0.2, 0.25) is 5.95 Å². The smallest absolute Gasteiger partial charge is 0.229 e. The molecule has 3 aromatic rings. The van der Waals surface area contributed by atoms with Crippen molar-refractivity contribution in [1.29, 1.82) is 0 Å². The van der Waals surface area contributed by atoms with E-state index in [-0.39, 0.29) is 0 Å². The maximum atomic E-state index is 4.80. The van der Waals surface area contributed by atoms with E-state index < -0.39 is 0 Å². The number of nitrogens with one attached hydrogen (secondary N) is 1. The minimum Gasteiger partial charge on any atom is -0.372 e. The van der Waals surface area contributed by atoms with Crippen molar-refractivity contribution in [3.05, 3.63) is 66.4 Å². The van der Waals surface area contributed by atoms with Crippen molar-refractivity contribution in [2.75, 3.05) is 28.2 Å². The molecule has 5 nitrogen and oxygen atoms in total. The summed E-state index contributed by atoms with van der Waals surface area (Å²) in [5, 5.41) is 3.37. The van der Waals surface area contributed by atoms with Crippen LogP contribution in [0.3, 0.4) is 0 Å². The van der Waals surface area contributed by atoms with E-state index in [1.807, 2.05) is 12.3 Å². The fourth-order valence-corrected chi connectivity index (χ4v) is 4.50. The Morgan fingerprint density at radius 3 is 2.55 bits per heavy atom. The molecule has 2 aliphatic heterocycles. The lowest BCUT2D eigenvalue weighted by Gasteiger charge is -2.28. The number of fused-ring (bicyclic) bond motifs is 1. The van der Waals surface area contributed by atoms with E-state index in [0.29, 0.717) is 12.0 Å². The van der Waals surface area contributed by atoms with Gasteiger partial charge in [-0.3, -0.25) is 0 Å². The highest BCUT2D eigenvalue weighted by Gasteiger charge is 2.27. The molecule has 1 unspecified atom stereocenters. The van der Waals surface area contributed by atoms with Gasteiger partial charge in [0.15, 0.2) is 0 Å². The molecule has 2 aromatic carbocycles. The lowest BCUT2D eigenvalue weighted by atomic mass is 10.1. The highest BCUT2D eigenvalue weighted by molar-refractivity contribution is 5.69. The topological polar surface area (TPSA) is 44.3 Å². The SMILES string of the molecule is CC1Cc2ccccc2N1c1ccnc(Nc2ccc(N3CCCCC3)cc2)n1. The van der Waals surface area contributed by atoms with Crippen molar-refractivity contribution in [2.24, 2.45) is 0 Å². The summed E-state index contributed by atoms with van der Waals surface area (Å²) in [7, 11) is 0. The number of hydrogen-bond donors (Lipinski definition) is 1. The average molecular weight is 386 g/mol. The number of hydrogen-bond acceptors (Lipinski definition) is 5. The molecule has 5 rings (SSSR count). The second-order valence-electron chi connectivity index (χ2n) is 8.01. The van der Waals surface area contributed by atoms with Crippen LogP contribution in [0.2, 0.25) is 0 Å². The Morgan fingerprint density at radius 2 is 1.72 bits per heavy atom. The molecular formula is C24H27N5. The largest absolute Gasteiger partial charge is 0.372 e. The summed E-state index contributed by atoms with van der Waals surface area (Å²) in [5.41, 5.74) is 4.93. The van der Waals surface area contributed by atoms with Crippen LogP contribution in [-0.4, -0.2) is 29.1 Å². The second kappa shape index (κ2) is 7.74. The number of anilines is 5. The third-order valence-corrected chi connectivity index (χ3v) is 5.94. The molecule has 0 radical (unpaired) electrons. The molecule has 0 amide bonds. The Balaban J connectivity index is 1.34. The number of piperidine rings is 1. The predicted octanol–water partition coefficient (Wildman–Crippen LogP) is 5.29. The van der Waals surface area contributed by atoms with Gasteiger partial charge >= 0.3 is 0 Å². The van der Waals surface area contributed by atoms with Crippen LogP contribution in [-0.2, 0) is 6.42 Å². The van der Waals surface area contributed by atoms with Crippen molar-refractivity contribution in [3.63, 3.8) is 0 Å². The Morgan fingerprint density at radius 1 is 0.931 bits per heavy atom. The summed E-state index contributed by atoms with van der Waals surface area (Å²) in [6, 6.07) is 19.6. The Kier molecular flexibility index (Phi) is 4.80. The van der Waals surface area contributed by atoms with Gasteiger partial charge in [-0.2, -0.15) is 4.98 Å². The molecule has 2 aliphatic rings. The predicted molar refractivity (Wildman–Crippen MR) is 120 cm³/mol. The van der Waals surface area contributed by atoms with Crippen molar-refractivity contribution in [2.45, 2.75) is 38.6 Å². The molecule has 3 heterocycles. The first-order valence-electron chi connectivity index (χ1n) is 10.6. The molecule has 0 bridgehead atoms. The molecule has 0 aliphatic carbocycles. The van der Waals surface area contributed by atoms with Crippen molar-refractivity contribution in [1.82, 2.24) is 9.97 Å². The van der Waals surface area contributed by atoms with E-state index in [1.165, 1.54) is 36.2 Å². The van der Waals surface area contributed by atoms with Crippen LogP contribution in [0.4, 0.5) is 28.8 Å². The molecule has 1 atom stereocenters. The minimum absolute atomic E-state index is 0.388. The maximum absolute atomic E-state index is 4.80. The summed E-state index contributed by atoms with van der Waals surface area (Å²) in [6.45, 7) is 4.56. The highest BCUT2D eigenvalue weighted by Crippen LogP contribution is 2.37. The summed E-state index contributed by atoms with van der Waals surface area (Å²) in [6.07, 6.45) is 6.81. The fraction of sp³-hybridized carbons (Fsp3) is 0.333. The molecule has 1 fully saturated rings. The van der Waals surface area contributed by atoms with Gasteiger partial charge in [0.05, 0.1) is 0 Å². The molecule has 0 spiro atoms. The molecule has 5 heteroatoms. The van der Waals surface area contributed by atoms with Crippen molar-refractivity contribution < 1.29 is 0 Å². The lowest BCUT2D eigenvalue weighted by Crippen LogP contribution is -2.29. The second-order valence-corrected chi connectivity index (χ2v) is 8.01. The van der Waals surface area contributed by atoms with Gasteiger partial charge in [-0.25, -0.2) is 4.98 Å². The Hall–Kier alpha value is -3.08. The summed E-state index contributed by atoms with van der Waals surface area (Å²) in [4.78, 5) is 14.0. The third-order valence-electron chi connectivity index (χ3n) is 5.94. The Labute approximate surface area is 172 Å². The molecule has 0 saturated carbocycles. The number of para-hydroxylation sites is 1. The zero-order valence-corrected chi connectivity index (χ0v) is 16.9. The van der Waals surface area contributed by atoms with E-state index in [9.17, 15) is 0 Å². The van der Waals surface area contributed by atoms with Crippen LogP contribution in [0.1, 0.15) is 31.7 Å². The summed E-state index contributed by atoms with van der Waals surface area (Å²) >= 11 is 0. The zero-order chi connectivity index (χ0) is 19.6. The average Bonchev–Trinajstić information content (AvgIpc) is 3.11. The number of benzene rings is 2. The van der Waals surface area contributed by atoms with Crippen molar-refractivity contribution >= 4 is 28.8 Å². The van der Waals surface area contributed by atoms with E-state index in [2.05, 4.69) is 75.6 Å². The van der Waals surface area contributed by atoms with Gasteiger partial charge in [-0.05, 0) is 74.6 Å². The monoisotopic (exact) mass is 385 g/mol. The zero-order valence-electron chi connectivity index (χ0n) is 16.9. The van der Waals surface area contributed by atoms with Gasteiger partial charge < -0.3 is 15.1 Å². The maximum Gasteiger partial charge on any atom is 0.229 e. The normalized spacial score (nSPS) is 18.6. The molecular weight excluding hydrogens is 358 g/mol. The highest BCUT2D eigenvalue weighted by atomic mass is 15.3. The van der Waals surface area contributed by atoms with Crippen LogP contribution in [0.15, 0.2) is 60.8 Å².